The van der Waals surface area contributed by atoms with Crippen LogP contribution in [0.3, 0.4) is 0 Å². The molecular weight excluding hydrogens is 164 g/mol. The van der Waals surface area contributed by atoms with E-state index in [2.05, 4.69) is 4.74 Å². The number of aliphatic hydroxyl groups excluding tert-OH is 1. The Morgan fingerprint density at radius 3 is 2.82 bits per heavy atom. The normalized spacial score (nSPS) is 12.6. The van der Waals surface area contributed by atoms with Gasteiger partial charge in [-0.3, -0.25) is 4.79 Å². The topological polar surface area (TPSA) is 46.5 Å². The lowest BCUT2D eigenvalue weighted by Gasteiger charge is -2.05. The minimum Gasteiger partial charge on any atom is -0.468 e. The van der Waals surface area contributed by atoms with Crippen molar-refractivity contribution in [1.29, 1.82) is 0 Å². The minimum absolute atomic E-state index is 0.175. The van der Waals surface area contributed by atoms with Gasteiger partial charge in [-0.15, -0.1) is 11.8 Å². The molecule has 0 heterocycles. The Labute approximate surface area is 71.1 Å². The van der Waals surface area contributed by atoms with E-state index in [0.717, 1.165) is 5.75 Å². The monoisotopic (exact) mass is 178 g/mol. The van der Waals surface area contributed by atoms with E-state index < -0.39 is 0 Å². The highest BCUT2D eigenvalue weighted by Crippen LogP contribution is 2.07. The van der Waals surface area contributed by atoms with Crippen molar-refractivity contribution < 1.29 is 14.6 Å². The summed E-state index contributed by atoms with van der Waals surface area (Å²) in [5, 5.41) is 8.63. The van der Waals surface area contributed by atoms with Gasteiger partial charge in [-0.25, -0.2) is 0 Å². The molecule has 11 heavy (non-hydrogen) atoms. The van der Waals surface area contributed by atoms with Crippen LogP contribution in [0.25, 0.3) is 0 Å². The van der Waals surface area contributed by atoms with Gasteiger partial charge in [0.1, 0.15) is 0 Å². The van der Waals surface area contributed by atoms with E-state index in [1.165, 1.54) is 18.9 Å². The summed E-state index contributed by atoms with van der Waals surface area (Å²) < 4.78 is 4.44. The third-order valence-corrected chi connectivity index (χ3v) is 2.41. The molecule has 0 aliphatic carbocycles. The highest BCUT2D eigenvalue weighted by atomic mass is 32.2. The largest absolute Gasteiger partial charge is 0.468 e. The third kappa shape index (κ3) is 6.19. The van der Waals surface area contributed by atoms with Gasteiger partial charge in [0.25, 0.3) is 0 Å². The summed E-state index contributed by atoms with van der Waals surface area (Å²) in [6.45, 7) is 2.11. The first-order chi connectivity index (χ1) is 5.20. The van der Waals surface area contributed by atoms with Gasteiger partial charge in [0.2, 0.25) is 0 Å². The fourth-order valence-electron chi connectivity index (χ4n) is 0.455. The predicted octanol–water partition coefficient (Wildman–Crippen LogP) is 0.521. The molecule has 66 valence electrons. The Hall–Kier alpha value is -0.220. The summed E-state index contributed by atoms with van der Waals surface area (Å²) in [4.78, 5) is 10.6. The van der Waals surface area contributed by atoms with E-state index in [1.54, 1.807) is 0 Å². The maximum atomic E-state index is 10.6. The van der Waals surface area contributed by atoms with Crippen LogP contribution in [-0.2, 0) is 9.53 Å². The first kappa shape index (κ1) is 10.8. The molecule has 0 aliphatic rings. The van der Waals surface area contributed by atoms with Crippen LogP contribution in [0, 0.1) is 5.92 Å². The standard InChI is InChI=1S/C7H14O3S/c1-6(3-8)4-11-5-7(9)10-2/h6,8H,3-5H2,1-2H3. The average molecular weight is 178 g/mol. The van der Waals surface area contributed by atoms with E-state index in [0.29, 0.717) is 5.75 Å². The predicted molar refractivity (Wildman–Crippen MR) is 45.6 cm³/mol. The van der Waals surface area contributed by atoms with Crippen molar-refractivity contribution >= 4 is 17.7 Å². The Morgan fingerprint density at radius 1 is 1.73 bits per heavy atom. The van der Waals surface area contributed by atoms with Crippen LogP contribution >= 0.6 is 11.8 Å². The Kier molecular flexibility index (Phi) is 6.36. The smallest absolute Gasteiger partial charge is 0.315 e. The van der Waals surface area contributed by atoms with Crippen LogP contribution in [-0.4, -0.2) is 36.3 Å². The number of esters is 1. The molecule has 0 bridgehead atoms. The van der Waals surface area contributed by atoms with Crippen LogP contribution < -0.4 is 0 Å². The molecule has 3 nitrogen and oxygen atoms in total. The summed E-state index contributed by atoms with van der Waals surface area (Å²) in [5.41, 5.74) is 0. The fraction of sp³-hybridized carbons (Fsp3) is 0.857. The number of thioether (sulfide) groups is 1. The van der Waals surface area contributed by atoms with Gasteiger partial charge in [-0.05, 0) is 11.7 Å². The van der Waals surface area contributed by atoms with Gasteiger partial charge < -0.3 is 9.84 Å². The molecule has 0 spiro atoms. The number of ether oxygens (including phenoxy) is 1. The zero-order chi connectivity index (χ0) is 8.69. The average Bonchev–Trinajstić information content (AvgIpc) is 2.04. The second-order valence-corrected chi connectivity index (χ2v) is 3.41. The van der Waals surface area contributed by atoms with Gasteiger partial charge in [0.05, 0.1) is 12.9 Å². The first-order valence-corrected chi connectivity index (χ1v) is 4.61. The third-order valence-electron chi connectivity index (χ3n) is 1.16. The highest BCUT2D eigenvalue weighted by Gasteiger charge is 2.03. The van der Waals surface area contributed by atoms with Crippen LogP contribution in [0.1, 0.15) is 6.92 Å². The van der Waals surface area contributed by atoms with Crippen molar-refractivity contribution in [1.82, 2.24) is 0 Å². The van der Waals surface area contributed by atoms with Crippen molar-refractivity contribution in [2.75, 3.05) is 25.2 Å². The van der Waals surface area contributed by atoms with E-state index in [4.69, 9.17) is 5.11 Å². The quantitative estimate of drug-likeness (QED) is 0.623. The lowest BCUT2D eigenvalue weighted by Crippen LogP contribution is -2.08. The summed E-state index contributed by atoms with van der Waals surface area (Å²) in [5.74, 6) is 1.22. The molecule has 1 atom stereocenters. The number of carbonyl (C=O) groups is 1. The molecule has 0 aromatic rings. The zero-order valence-corrected chi connectivity index (χ0v) is 7.69. The van der Waals surface area contributed by atoms with E-state index >= 15 is 0 Å². The molecule has 0 aromatic carbocycles. The Bertz CT molecular complexity index is 116. The van der Waals surface area contributed by atoms with Gasteiger partial charge in [0, 0.05) is 6.61 Å². The number of hydrogen-bond donors (Lipinski definition) is 1. The van der Waals surface area contributed by atoms with Crippen LogP contribution in [0.2, 0.25) is 0 Å². The molecular formula is C7H14O3S. The van der Waals surface area contributed by atoms with Gasteiger partial charge >= 0.3 is 5.97 Å². The van der Waals surface area contributed by atoms with Crippen molar-refractivity contribution in [2.24, 2.45) is 5.92 Å². The van der Waals surface area contributed by atoms with Crippen molar-refractivity contribution in [3.05, 3.63) is 0 Å². The SMILES string of the molecule is COC(=O)CSCC(C)CO. The van der Waals surface area contributed by atoms with Gasteiger partial charge in [-0.1, -0.05) is 6.92 Å². The van der Waals surface area contributed by atoms with Gasteiger partial charge in [0.15, 0.2) is 0 Å². The molecule has 1 unspecified atom stereocenters. The highest BCUT2D eigenvalue weighted by molar-refractivity contribution is 7.99. The lowest BCUT2D eigenvalue weighted by atomic mass is 10.2. The number of aliphatic hydroxyl groups is 1. The van der Waals surface area contributed by atoms with Crippen molar-refractivity contribution in [3.8, 4) is 0 Å². The number of methoxy groups -OCH3 is 1. The minimum atomic E-state index is -0.208. The number of hydrogen-bond acceptors (Lipinski definition) is 4. The molecule has 0 saturated heterocycles. The molecule has 0 radical (unpaired) electrons. The maximum Gasteiger partial charge on any atom is 0.315 e. The molecule has 0 aliphatic heterocycles. The van der Waals surface area contributed by atoms with Crippen LogP contribution in [0.5, 0.6) is 0 Å². The number of rotatable bonds is 5. The second kappa shape index (κ2) is 6.49. The first-order valence-electron chi connectivity index (χ1n) is 3.46. The molecule has 1 N–H and O–H groups in total. The molecule has 4 heteroatoms. The fourth-order valence-corrected chi connectivity index (χ4v) is 1.37. The molecule has 0 saturated carbocycles. The van der Waals surface area contributed by atoms with Crippen LogP contribution in [0.4, 0.5) is 0 Å². The van der Waals surface area contributed by atoms with E-state index in [9.17, 15) is 4.79 Å². The number of carbonyl (C=O) groups excluding carboxylic acids is 1. The van der Waals surface area contributed by atoms with E-state index in [-0.39, 0.29) is 18.5 Å². The Balaban J connectivity index is 3.20. The molecule has 0 fully saturated rings. The maximum absolute atomic E-state index is 10.6. The van der Waals surface area contributed by atoms with Gasteiger partial charge in [-0.2, -0.15) is 0 Å². The summed E-state index contributed by atoms with van der Waals surface area (Å²) in [6.07, 6.45) is 0. The van der Waals surface area contributed by atoms with Crippen molar-refractivity contribution in [3.63, 3.8) is 0 Å². The molecule has 0 amide bonds. The molecule has 0 aromatic heterocycles. The van der Waals surface area contributed by atoms with E-state index in [1.807, 2.05) is 6.92 Å². The summed E-state index contributed by atoms with van der Waals surface area (Å²) >= 11 is 1.48. The zero-order valence-electron chi connectivity index (χ0n) is 6.87. The second-order valence-electron chi connectivity index (χ2n) is 2.38. The summed E-state index contributed by atoms with van der Waals surface area (Å²) in [6, 6.07) is 0. The van der Waals surface area contributed by atoms with Crippen LogP contribution in [0.15, 0.2) is 0 Å². The Morgan fingerprint density at radius 2 is 2.36 bits per heavy atom. The summed E-state index contributed by atoms with van der Waals surface area (Å²) in [7, 11) is 1.37. The molecule has 0 rings (SSSR count). The lowest BCUT2D eigenvalue weighted by molar-refractivity contribution is -0.137. The van der Waals surface area contributed by atoms with Crippen molar-refractivity contribution in [2.45, 2.75) is 6.92 Å².